The predicted octanol–water partition coefficient (Wildman–Crippen LogP) is 3.65. The smallest absolute Gasteiger partial charge is 0.122 e. The average molecular weight is 200 g/mol. The Kier molecular flexibility index (Phi) is 3.23. The summed E-state index contributed by atoms with van der Waals surface area (Å²) in [5, 5.41) is 0. The number of ether oxygens (including phenoxy) is 1. The zero-order valence-corrected chi connectivity index (χ0v) is 9.07. The standard InChI is InChI=1S/C14H16O/c1-12-7-5-6-10-14(12)15-11-13-8-3-2-4-9-13/h2-3,5-8,10H,4,9,11H2,1H3. The molecular formula is C14H16O. The molecule has 0 aromatic heterocycles. The summed E-state index contributed by atoms with van der Waals surface area (Å²) in [6.07, 6.45) is 8.73. The average Bonchev–Trinajstić information content (AvgIpc) is 2.29. The molecule has 0 radical (unpaired) electrons. The monoisotopic (exact) mass is 200 g/mol. The number of hydrogen-bond acceptors (Lipinski definition) is 1. The highest BCUT2D eigenvalue weighted by Gasteiger charge is 2.02. The van der Waals surface area contributed by atoms with Crippen LogP contribution in [0.4, 0.5) is 0 Å². The lowest BCUT2D eigenvalue weighted by Gasteiger charge is -2.12. The van der Waals surface area contributed by atoms with Gasteiger partial charge in [0.25, 0.3) is 0 Å². The fourth-order valence-corrected chi connectivity index (χ4v) is 1.66. The Labute approximate surface area is 91.1 Å². The van der Waals surface area contributed by atoms with Crippen molar-refractivity contribution in [2.75, 3.05) is 6.61 Å². The Hall–Kier alpha value is -1.50. The van der Waals surface area contributed by atoms with Crippen LogP contribution in [-0.2, 0) is 0 Å². The molecule has 1 nitrogen and oxygen atoms in total. The summed E-state index contributed by atoms with van der Waals surface area (Å²) in [6.45, 7) is 2.79. The minimum absolute atomic E-state index is 0.717. The predicted molar refractivity (Wildman–Crippen MR) is 63.1 cm³/mol. The van der Waals surface area contributed by atoms with Gasteiger partial charge in [0.05, 0.1) is 0 Å². The fourth-order valence-electron chi connectivity index (χ4n) is 1.66. The number of aryl methyl sites for hydroxylation is 1. The van der Waals surface area contributed by atoms with Gasteiger partial charge in [-0.3, -0.25) is 0 Å². The summed E-state index contributed by atoms with van der Waals surface area (Å²) in [4.78, 5) is 0. The molecule has 2 rings (SSSR count). The number of benzene rings is 1. The molecule has 1 aliphatic carbocycles. The Morgan fingerprint density at radius 3 is 2.87 bits per heavy atom. The Balaban J connectivity index is 1.96. The van der Waals surface area contributed by atoms with Crippen LogP contribution in [0.3, 0.4) is 0 Å². The van der Waals surface area contributed by atoms with E-state index in [1.807, 2.05) is 18.2 Å². The minimum Gasteiger partial charge on any atom is -0.489 e. The van der Waals surface area contributed by atoms with Gasteiger partial charge in [0.2, 0.25) is 0 Å². The van der Waals surface area contributed by atoms with E-state index in [2.05, 4.69) is 31.2 Å². The molecule has 1 heteroatoms. The second kappa shape index (κ2) is 4.83. The second-order valence-electron chi connectivity index (χ2n) is 3.85. The normalized spacial score (nSPS) is 14.9. The van der Waals surface area contributed by atoms with E-state index >= 15 is 0 Å². The van der Waals surface area contributed by atoms with Crippen molar-refractivity contribution in [2.45, 2.75) is 19.8 Å². The molecule has 0 saturated heterocycles. The second-order valence-corrected chi connectivity index (χ2v) is 3.85. The van der Waals surface area contributed by atoms with Crippen molar-refractivity contribution in [1.82, 2.24) is 0 Å². The maximum absolute atomic E-state index is 5.77. The zero-order chi connectivity index (χ0) is 10.5. The van der Waals surface area contributed by atoms with E-state index in [0.717, 1.165) is 25.2 Å². The minimum atomic E-state index is 0.717. The maximum Gasteiger partial charge on any atom is 0.122 e. The van der Waals surface area contributed by atoms with Gasteiger partial charge in [0.15, 0.2) is 0 Å². The van der Waals surface area contributed by atoms with Gasteiger partial charge < -0.3 is 4.74 Å². The summed E-state index contributed by atoms with van der Waals surface area (Å²) in [7, 11) is 0. The Bertz CT molecular complexity index is 388. The van der Waals surface area contributed by atoms with Gasteiger partial charge in [-0.15, -0.1) is 0 Å². The largest absolute Gasteiger partial charge is 0.489 e. The first-order valence-electron chi connectivity index (χ1n) is 5.39. The van der Waals surface area contributed by atoms with Crippen LogP contribution in [-0.4, -0.2) is 6.61 Å². The van der Waals surface area contributed by atoms with Gasteiger partial charge in [-0.1, -0.05) is 36.4 Å². The van der Waals surface area contributed by atoms with E-state index in [9.17, 15) is 0 Å². The van der Waals surface area contributed by atoms with Gasteiger partial charge in [0, 0.05) is 0 Å². The third kappa shape index (κ3) is 2.72. The van der Waals surface area contributed by atoms with Crippen LogP contribution in [0.1, 0.15) is 18.4 Å². The molecule has 0 fully saturated rings. The van der Waals surface area contributed by atoms with E-state index < -0.39 is 0 Å². The van der Waals surface area contributed by atoms with E-state index in [-0.39, 0.29) is 0 Å². The summed E-state index contributed by atoms with van der Waals surface area (Å²) in [5.74, 6) is 0.993. The van der Waals surface area contributed by atoms with Gasteiger partial charge in [-0.05, 0) is 37.0 Å². The highest BCUT2D eigenvalue weighted by atomic mass is 16.5. The molecule has 0 atom stereocenters. The van der Waals surface area contributed by atoms with Gasteiger partial charge in [0.1, 0.15) is 12.4 Å². The number of rotatable bonds is 3. The molecular weight excluding hydrogens is 184 g/mol. The lowest BCUT2D eigenvalue weighted by atomic mass is 10.1. The molecule has 0 spiro atoms. The van der Waals surface area contributed by atoms with Crippen LogP contribution in [0.15, 0.2) is 48.1 Å². The van der Waals surface area contributed by atoms with Crippen LogP contribution < -0.4 is 4.74 Å². The van der Waals surface area contributed by atoms with Crippen molar-refractivity contribution >= 4 is 0 Å². The third-order valence-corrected chi connectivity index (χ3v) is 2.61. The molecule has 0 unspecified atom stereocenters. The SMILES string of the molecule is Cc1ccccc1OCC1=CC=CCC1. The first kappa shape index (κ1) is 10.0. The lowest BCUT2D eigenvalue weighted by Crippen LogP contribution is -2.03. The van der Waals surface area contributed by atoms with Crippen LogP contribution in [0.25, 0.3) is 0 Å². The molecule has 1 aromatic carbocycles. The molecule has 0 saturated carbocycles. The molecule has 1 aliphatic rings. The fraction of sp³-hybridized carbons (Fsp3) is 0.286. The molecule has 0 N–H and O–H groups in total. The van der Waals surface area contributed by atoms with Crippen molar-refractivity contribution < 1.29 is 4.74 Å². The van der Waals surface area contributed by atoms with Crippen LogP contribution >= 0.6 is 0 Å². The van der Waals surface area contributed by atoms with Crippen molar-refractivity contribution in [2.24, 2.45) is 0 Å². The highest BCUT2D eigenvalue weighted by Crippen LogP contribution is 2.19. The topological polar surface area (TPSA) is 9.23 Å². The molecule has 0 amide bonds. The van der Waals surface area contributed by atoms with E-state index in [1.54, 1.807) is 0 Å². The Morgan fingerprint density at radius 2 is 2.13 bits per heavy atom. The van der Waals surface area contributed by atoms with Crippen LogP contribution in [0.2, 0.25) is 0 Å². The molecule has 0 bridgehead atoms. The van der Waals surface area contributed by atoms with Gasteiger partial charge >= 0.3 is 0 Å². The molecule has 0 aliphatic heterocycles. The lowest BCUT2D eigenvalue weighted by molar-refractivity contribution is 0.345. The summed E-state index contributed by atoms with van der Waals surface area (Å²) in [6, 6.07) is 8.14. The summed E-state index contributed by atoms with van der Waals surface area (Å²) < 4.78 is 5.77. The third-order valence-electron chi connectivity index (χ3n) is 2.61. The first-order valence-corrected chi connectivity index (χ1v) is 5.39. The van der Waals surface area contributed by atoms with Gasteiger partial charge in [-0.2, -0.15) is 0 Å². The van der Waals surface area contributed by atoms with Crippen LogP contribution in [0, 0.1) is 6.92 Å². The summed E-state index contributed by atoms with van der Waals surface area (Å²) in [5.41, 5.74) is 2.57. The maximum atomic E-state index is 5.77. The zero-order valence-electron chi connectivity index (χ0n) is 9.07. The first-order chi connectivity index (χ1) is 7.36. The molecule has 15 heavy (non-hydrogen) atoms. The highest BCUT2D eigenvalue weighted by molar-refractivity contribution is 5.32. The summed E-state index contributed by atoms with van der Waals surface area (Å²) >= 11 is 0. The number of hydrogen-bond donors (Lipinski definition) is 0. The van der Waals surface area contributed by atoms with E-state index in [1.165, 1.54) is 11.1 Å². The number of allylic oxidation sites excluding steroid dienone is 3. The van der Waals surface area contributed by atoms with Crippen molar-refractivity contribution in [3.05, 3.63) is 53.6 Å². The molecule has 1 aromatic rings. The van der Waals surface area contributed by atoms with Crippen molar-refractivity contribution in [3.63, 3.8) is 0 Å². The molecule has 78 valence electrons. The quantitative estimate of drug-likeness (QED) is 0.723. The van der Waals surface area contributed by atoms with Crippen molar-refractivity contribution in [3.8, 4) is 5.75 Å². The van der Waals surface area contributed by atoms with Gasteiger partial charge in [-0.25, -0.2) is 0 Å². The van der Waals surface area contributed by atoms with Crippen LogP contribution in [0.5, 0.6) is 5.75 Å². The Morgan fingerprint density at radius 1 is 1.27 bits per heavy atom. The van der Waals surface area contributed by atoms with E-state index in [0.29, 0.717) is 0 Å². The van der Waals surface area contributed by atoms with Crippen molar-refractivity contribution in [1.29, 1.82) is 0 Å². The molecule has 0 heterocycles. The number of para-hydroxylation sites is 1. The van der Waals surface area contributed by atoms with E-state index in [4.69, 9.17) is 4.74 Å².